The predicted octanol–water partition coefficient (Wildman–Crippen LogP) is 5.14. The third-order valence-corrected chi connectivity index (χ3v) is 7.46. The van der Waals surface area contributed by atoms with Gasteiger partial charge in [-0.25, -0.2) is 4.98 Å². The molecule has 34 heavy (non-hydrogen) atoms. The largest absolute Gasteiger partial charge is 0.322 e. The van der Waals surface area contributed by atoms with Crippen molar-refractivity contribution in [3.63, 3.8) is 0 Å². The van der Waals surface area contributed by atoms with Crippen LogP contribution in [0.5, 0.6) is 0 Å². The molecule has 0 saturated heterocycles. The highest BCUT2D eigenvalue weighted by Crippen LogP contribution is 2.25. The number of amides is 1. The van der Waals surface area contributed by atoms with Gasteiger partial charge in [-0.2, -0.15) is 0 Å². The van der Waals surface area contributed by atoms with E-state index in [1.54, 1.807) is 18.2 Å². The van der Waals surface area contributed by atoms with E-state index in [-0.39, 0.29) is 11.5 Å². The lowest BCUT2D eigenvalue weighted by Crippen LogP contribution is -2.33. The Balaban J connectivity index is 1.37. The van der Waals surface area contributed by atoms with Gasteiger partial charge < -0.3 is 5.32 Å². The van der Waals surface area contributed by atoms with Crippen LogP contribution >= 0.6 is 0 Å². The number of carbonyl (C=O) groups is 1. The maximum Gasteiger partial charge on any atom is 0.261 e. The Kier molecular flexibility index (Phi) is 6.77. The normalized spacial score (nSPS) is 16.9. The number of carbonyl (C=O) groups excluding carboxylic acids is 1. The number of anilines is 1. The summed E-state index contributed by atoms with van der Waals surface area (Å²) in [4.78, 5) is 33.4. The first-order chi connectivity index (χ1) is 16.6. The number of aryl methyl sites for hydroxylation is 1. The summed E-state index contributed by atoms with van der Waals surface area (Å²) < 4.78 is 1.81. The number of nitrogens with zero attached hydrogens (tertiary/aromatic N) is 3. The van der Waals surface area contributed by atoms with Gasteiger partial charge in [-0.1, -0.05) is 43.9 Å². The SMILES string of the molecule is CN(Cc1ccccc1NC(=O)c1ccc2c(=O)n3c(nc2c1)CCCCC3)C1CCCCC1. The molecule has 0 atom stereocenters. The number of nitrogens with one attached hydrogen (secondary N) is 1. The van der Waals surface area contributed by atoms with E-state index in [0.29, 0.717) is 22.5 Å². The highest BCUT2D eigenvalue weighted by atomic mass is 16.1. The number of para-hydroxylation sites is 1. The fourth-order valence-corrected chi connectivity index (χ4v) is 5.45. The van der Waals surface area contributed by atoms with Gasteiger partial charge in [0.25, 0.3) is 11.5 Å². The minimum absolute atomic E-state index is 0.00459. The van der Waals surface area contributed by atoms with Crippen molar-refractivity contribution in [1.82, 2.24) is 14.5 Å². The molecule has 1 amide bonds. The summed E-state index contributed by atoms with van der Waals surface area (Å²) in [5.74, 6) is 0.662. The summed E-state index contributed by atoms with van der Waals surface area (Å²) in [5, 5.41) is 3.69. The third kappa shape index (κ3) is 4.78. The van der Waals surface area contributed by atoms with Crippen molar-refractivity contribution in [3.8, 4) is 0 Å². The summed E-state index contributed by atoms with van der Waals surface area (Å²) in [6.07, 6.45) is 10.4. The molecule has 0 spiro atoms. The highest BCUT2D eigenvalue weighted by molar-refractivity contribution is 6.06. The molecular weight excluding hydrogens is 424 g/mol. The smallest absolute Gasteiger partial charge is 0.261 e. The first-order valence-corrected chi connectivity index (χ1v) is 12.7. The van der Waals surface area contributed by atoms with Crippen LogP contribution in [0.25, 0.3) is 10.9 Å². The summed E-state index contributed by atoms with van der Waals surface area (Å²) in [6.45, 7) is 1.54. The fourth-order valence-electron chi connectivity index (χ4n) is 5.45. The number of benzene rings is 2. The highest BCUT2D eigenvalue weighted by Gasteiger charge is 2.20. The van der Waals surface area contributed by atoms with Crippen molar-refractivity contribution in [2.24, 2.45) is 0 Å². The molecule has 178 valence electrons. The molecule has 1 fully saturated rings. The molecular formula is C28H34N4O2. The van der Waals surface area contributed by atoms with Crippen molar-refractivity contribution in [1.29, 1.82) is 0 Å². The van der Waals surface area contributed by atoms with Crippen molar-refractivity contribution in [2.75, 3.05) is 12.4 Å². The zero-order valence-corrected chi connectivity index (χ0v) is 20.1. The number of rotatable bonds is 5. The Morgan fingerprint density at radius 3 is 2.71 bits per heavy atom. The first kappa shape index (κ1) is 22.8. The second-order valence-corrected chi connectivity index (χ2v) is 9.85. The molecule has 0 bridgehead atoms. The van der Waals surface area contributed by atoms with Gasteiger partial charge in [-0.05, 0) is 62.6 Å². The molecule has 6 heteroatoms. The van der Waals surface area contributed by atoms with Crippen LogP contribution in [0.1, 0.15) is 73.1 Å². The van der Waals surface area contributed by atoms with Crippen molar-refractivity contribution < 1.29 is 4.79 Å². The van der Waals surface area contributed by atoms with Crippen LogP contribution in [0.2, 0.25) is 0 Å². The van der Waals surface area contributed by atoms with Crippen LogP contribution < -0.4 is 10.9 Å². The molecule has 3 aromatic rings. The Bertz CT molecular complexity index is 1240. The Hall–Kier alpha value is -2.99. The molecule has 2 aliphatic rings. The molecule has 1 N–H and O–H groups in total. The molecule has 1 aliphatic carbocycles. The maximum atomic E-state index is 13.2. The van der Waals surface area contributed by atoms with Crippen molar-refractivity contribution in [3.05, 3.63) is 69.8 Å². The third-order valence-electron chi connectivity index (χ3n) is 7.46. The van der Waals surface area contributed by atoms with Crippen LogP contribution in [0, 0.1) is 0 Å². The second kappa shape index (κ2) is 10.1. The van der Waals surface area contributed by atoms with E-state index < -0.39 is 0 Å². The van der Waals surface area contributed by atoms with E-state index in [0.717, 1.165) is 55.8 Å². The zero-order valence-electron chi connectivity index (χ0n) is 20.1. The molecule has 1 saturated carbocycles. The van der Waals surface area contributed by atoms with E-state index in [1.165, 1.54) is 32.1 Å². The van der Waals surface area contributed by atoms with Gasteiger partial charge in [0.05, 0.1) is 10.9 Å². The Morgan fingerprint density at radius 2 is 1.85 bits per heavy atom. The first-order valence-electron chi connectivity index (χ1n) is 12.7. The topological polar surface area (TPSA) is 67.2 Å². The monoisotopic (exact) mass is 458 g/mol. The summed E-state index contributed by atoms with van der Waals surface area (Å²) in [5.41, 5.74) is 3.09. The number of aromatic nitrogens is 2. The lowest BCUT2D eigenvalue weighted by molar-refractivity contribution is 0.102. The molecule has 1 aliphatic heterocycles. The van der Waals surface area contributed by atoms with Gasteiger partial charge in [-0.15, -0.1) is 0 Å². The Morgan fingerprint density at radius 1 is 1.06 bits per heavy atom. The van der Waals surface area contributed by atoms with Crippen LogP contribution in [-0.2, 0) is 19.5 Å². The summed E-state index contributed by atoms with van der Waals surface area (Å²) >= 11 is 0. The van der Waals surface area contributed by atoms with Gasteiger partial charge in [0.15, 0.2) is 0 Å². The molecule has 6 nitrogen and oxygen atoms in total. The molecule has 2 aromatic carbocycles. The fraction of sp³-hybridized carbons (Fsp3) is 0.464. The van der Waals surface area contributed by atoms with Gasteiger partial charge in [0, 0.05) is 36.8 Å². The summed E-state index contributed by atoms with van der Waals surface area (Å²) in [6, 6.07) is 13.9. The standard InChI is InChI=1S/C28H34N4O2/c1-31(22-11-4-2-5-12-22)19-21-10-7-8-13-24(21)30-27(33)20-15-16-23-25(18-20)29-26-14-6-3-9-17-32(26)28(23)34/h7-8,10,13,15-16,18,22H,2-6,9,11-12,14,17,19H2,1H3,(H,30,33). The van der Waals surface area contributed by atoms with Gasteiger partial charge in [-0.3, -0.25) is 19.1 Å². The molecule has 2 heterocycles. The van der Waals surface area contributed by atoms with E-state index in [9.17, 15) is 9.59 Å². The van der Waals surface area contributed by atoms with Crippen LogP contribution in [-0.4, -0.2) is 33.4 Å². The molecule has 1 aromatic heterocycles. The summed E-state index contributed by atoms with van der Waals surface area (Å²) in [7, 11) is 2.19. The predicted molar refractivity (Wildman–Crippen MR) is 136 cm³/mol. The van der Waals surface area contributed by atoms with E-state index in [4.69, 9.17) is 4.98 Å². The lowest BCUT2D eigenvalue weighted by atomic mass is 9.94. The molecule has 5 rings (SSSR count). The van der Waals surface area contributed by atoms with E-state index in [1.807, 2.05) is 22.8 Å². The average Bonchev–Trinajstić information content (AvgIpc) is 3.11. The van der Waals surface area contributed by atoms with Crippen molar-refractivity contribution >= 4 is 22.5 Å². The zero-order chi connectivity index (χ0) is 23.5. The number of fused-ring (bicyclic) bond motifs is 2. The van der Waals surface area contributed by atoms with E-state index in [2.05, 4.69) is 23.3 Å². The van der Waals surface area contributed by atoms with E-state index >= 15 is 0 Å². The van der Waals surface area contributed by atoms with Gasteiger partial charge in [0.1, 0.15) is 5.82 Å². The van der Waals surface area contributed by atoms with Crippen LogP contribution in [0.15, 0.2) is 47.3 Å². The molecule has 0 unspecified atom stereocenters. The maximum absolute atomic E-state index is 13.2. The number of hydrogen-bond acceptors (Lipinski definition) is 4. The van der Waals surface area contributed by atoms with Gasteiger partial charge >= 0.3 is 0 Å². The number of hydrogen-bond donors (Lipinski definition) is 1. The van der Waals surface area contributed by atoms with Crippen LogP contribution in [0.4, 0.5) is 5.69 Å². The minimum Gasteiger partial charge on any atom is -0.322 e. The molecule has 0 radical (unpaired) electrons. The van der Waals surface area contributed by atoms with Gasteiger partial charge in [0.2, 0.25) is 0 Å². The second-order valence-electron chi connectivity index (χ2n) is 9.85. The minimum atomic E-state index is -0.175. The lowest BCUT2D eigenvalue weighted by Gasteiger charge is -2.31. The van der Waals surface area contributed by atoms with Crippen LogP contribution in [0.3, 0.4) is 0 Å². The Labute approximate surface area is 201 Å². The van der Waals surface area contributed by atoms with Crippen molar-refractivity contribution in [2.45, 2.75) is 76.9 Å². The average molecular weight is 459 g/mol. The quantitative estimate of drug-likeness (QED) is 0.575.